The molecule has 111 heavy (non-hydrogen) atoms. The SMILES string of the molecule is CC[C@H](C)[C@@H]([C@@H](CC(=O)N1CCC[C@H]1[C@H](OC)[C@@H](C)C(=O)N[C@@H](Cc1ccccc1)c1nccs1)OC)N(C)C(=O)[C@@H](NC(=O)[C@H](C(C)C)N(C)C(=O)OCc1ccc(CC(=O)[C@H](CCCNC(N)=O)NC(=O)[C@@H](NC(=O)CCC(=O)N(CCOCCOCCC(=O)OC(C)(C)C)C2CCNCC2)C(C)C)cc1)C(C)C. The lowest BCUT2D eigenvalue weighted by Crippen LogP contribution is -2.60. The molecule has 8 N–H and O–H groups in total. The van der Waals surface area contributed by atoms with Crippen LogP contribution in [0, 0.1) is 29.6 Å². The third-order valence-electron chi connectivity index (χ3n) is 20.5. The summed E-state index contributed by atoms with van der Waals surface area (Å²) in [5.74, 6) is -5.63. The number of methoxy groups -OCH3 is 2. The molecule has 2 fully saturated rings. The number of likely N-dealkylation sites (tertiary alicyclic amines) is 1. The minimum atomic E-state index is -1.09. The van der Waals surface area contributed by atoms with Crippen molar-refractivity contribution in [3.05, 3.63) is 87.9 Å². The van der Waals surface area contributed by atoms with Crippen LogP contribution in [-0.2, 0) is 91.0 Å². The van der Waals surface area contributed by atoms with E-state index in [4.69, 9.17) is 34.2 Å². The first-order valence-electron chi connectivity index (χ1n) is 39.4. The van der Waals surface area contributed by atoms with Gasteiger partial charge in [0.05, 0.1) is 81.6 Å². The van der Waals surface area contributed by atoms with Gasteiger partial charge in [0.15, 0.2) is 5.78 Å². The van der Waals surface area contributed by atoms with Gasteiger partial charge in [-0.15, -0.1) is 11.3 Å². The molecule has 10 amide bonds. The molecule has 0 bridgehead atoms. The first-order valence-corrected chi connectivity index (χ1v) is 40.2. The van der Waals surface area contributed by atoms with E-state index in [9.17, 15) is 52.7 Å². The van der Waals surface area contributed by atoms with Gasteiger partial charge in [-0.05, 0) is 119 Å². The molecule has 3 aromatic rings. The maximum Gasteiger partial charge on any atom is 0.410 e. The molecule has 29 nitrogen and oxygen atoms in total. The smallest absolute Gasteiger partial charge is 0.410 e. The molecule has 0 unspecified atom stereocenters. The molecule has 2 aromatic carbocycles. The number of aromatic nitrogens is 1. The summed E-state index contributed by atoms with van der Waals surface area (Å²) in [6.07, 6.45) is 3.39. The number of nitrogens with one attached hydrogen (secondary N) is 6. The summed E-state index contributed by atoms with van der Waals surface area (Å²) in [6, 6.07) is 10.1. The number of carbonyl (C=O) groups excluding carboxylic acids is 11. The Hall–Kier alpha value is -8.16. The van der Waals surface area contributed by atoms with E-state index < -0.39 is 113 Å². The number of piperidine rings is 1. The maximum absolute atomic E-state index is 14.9. The highest BCUT2D eigenvalue weighted by Crippen LogP contribution is 2.32. The number of ketones is 1. The van der Waals surface area contributed by atoms with E-state index in [2.05, 4.69) is 36.9 Å². The number of hydrogen-bond acceptors (Lipinski definition) is 20. The van der Waals surface area contributed by atoms with E-state index in [-0.39, 0.29) is 132 Å². The Morgan fingerprint density at radius 1 is 0.721 bits per heavy atom. The summed E-state index contributed by atoms with van der Waals surface area (Å²) in [7, 11) is 6.18. The number of hydrogen-bond donors (Lipinski definition) is 7. The van der Waals surface area contributed by atoms with Gasteiger partial charge in [0, 0.05) is 84.8 Å². The summed E-state index contributed by atoms with van der Waals surface area (Å²) in [4.78, 5) is 162. The zero-order chi connectivity index (χ0) is 82.1. The van der Waals surface area contributed by atoms with Gasteiger partial charge in [0.25, 0.3) is 0 Å². The second-order valence-electron chi connectivity index (χ2n) is 31.2. The van der Waals surface area contributed by atoms with Gasteiger partial charge in [-0.2, -0.15) is 0 Å². The average molecular weight is 1570 g/mol. The zero-order valence-electron chi connectivity index (χ0n) is 68.4. The Morgan fingerprint density at radius 3 is 1.97 bits per heavy atom. The lowest BCUT2D eigenvalue weighted by atomic mass is 9.89. The molecule has 0 radical (unpaired) electrons. The van der Waals surface area contributed by atoms with Crippen molar-refractivity contribution in [3.63, 3.8) is 0 Å². The Labute approximate surface area is 661 Å². The number of likely N-dealkylation sites (N-methyl/N-ethyl adjacent to an activating group) is 2. The summed E-state index contributed by atoms with van der Waals surface area (Å²) >= 11 is 1.47. The predicted octanol–water partition coefficient (Wildman–Crippen LogP) is 7.21. The number of nitrogens with two attached hydrogens (primary N) is 1. The molecule has 11 atom stereocenters. The van der Waals surface area contributed by atoms with Gasteiger partial charge in [0.1, 0.15) is 35.3 Å². The Bertz CT molecular complexity index is 3410. The first kappa shape index (κ1) is 93.4. The number of rotatable bonds is 47. The highest BCUT2D eigenvalue weighted by atomic mass is 32.1. The van der Waals surface area contributed by atoms with Crippen LogP contribution in [0.4, 0.5) is 9.59 Å². The summed E-state index contributed by atoms with van der Waals surface area (Å²) < 4.78 is 34.7. The third kappa shape index (κ3) is 30.7. The number of esters is 1. The molecule has 5 rings (SSSR count). The number of urea groups is 1. The quantitative estimate of drug-likeness (QED) is 0.0217. The third-order valence-corrected chi connectivity index (χ3v) is 21.4. The highest BCUT2D eigenvalue weighted by Gasteiger charge is 2.44. The van der Waals surface area contributed by atoms with Crippen LogP contribution in [0.25, 0.3) is 0 Å². The fraction of sp³-hybridized carbons (Fsp3) is 0.679. The van der Waals surface area contributed by atoms with Gasteiger partial charge < -0.3 is 80.8 Å². The van der Waals surface area contributed by atoms with Crippen LogP contribution in [-0.4, -0.2) is 237 Å². The molecule has 620 valence electrons. The van der Waals surface area contributed by atoms with Crippen molar-refractivity contribution in [1.29, 1.82) is 0 Å². The summed E-state index contributed by atoms with van der Waals surface area (Å²) in [5, 5.41) is 20.3. The van der Waals surface area contributed by atoms with E-state index in [1.807, 2.05) is 70.3 Å². The van der Waals surface area contributed by atoms with Crippen LogP contribution < -0.4 is 37.6 Å². The monoisotopic (exact) mass is 1570 g/mol. The van der Waals surface area contributed by atoms with Gasteiger partial charge in [-0.3, -0.25) is 48.1 Å². The van der Waals surface area contributed by atoms with Crippen LogP contribution in [0.5, 0.6) is 0 Å². The number of amides is 10. The number of thiazole rings is 1. The van der Waals surface area contributed by atoms with Gasteiger partial charge >= 0.3 is 18.1 Å². The summed E-state index contributed by atoms with van der Waals surface area (Å²) in [5.41, 5.74) is 6.91. The van der Waals surface area contributed by atoms with Crippen molar-refractivity contribution in [2.45, 2.75) is 239 Å². The molecular formula is C81H128N12O17S. The fourth-order valence-corrected chi connectivity index (χ4v) is 15.0. The van der Waals surface area contributed by atoms with Crippen LogP contribution in [0.1, 0.15) is 181 Å². The van der Waals surface area contributed by atoms with Crippen LogP contribution in [0.2, 0.25) is 0 Å². The number of carbonyl (C=O) groups is 11. The van der Waals surface area contributed by atoms with Crippen molar-refractivity contribution < 1.29 is 81.2 Å². The molecule has 2 aliphatic rings. The molecule has 1 aromatic heterocycles. The highest BCUT2D eigenvalue weighted by molar-refractivity contribution is 7.09. The van der Waals surface area contributed by atoms with E-state index >= 15 is 0 Å². The molecule has 0 aliphatic carbocycles. The van der Waals surface area contributed by atoms with Crippen LogP contribution in [0.3, 0.4) is 0 Å². The molecule has 2 saturated heterocycles. The second-order valence-corrected chi connectivity index (χ2v) is 32.1. The van der Waals surface area contributed by atoms with Crippen molar-refractivity contribution in [2.75, 3.05) is 87.5 Å². The summed E-state index contributed by atoms with van der Waals surface area (Å²) in [6.45, 7) is 24.9. The Balaban J connectivity index is 1.16. The minimum absolute atomic E-state index is 0.0609. The lowest BCUT2D eigenvalue weighted by Gasteiger charge is -2.41. The van der Waals surface area contributed by atoms with E-state index in [1.165, 1.54) is 30.4 Å². The molecule has 3 heterocycles. The van der Waals surface area contributed by atoms with Crippen molar-refractivity contribution in [1.82, 2.24) is 56.5 Å². The lowest BCUT2D eigenvalue weighted by molar-refractivity contribution is -0.156. The fourth-order valence-electron chi connectivity index (χ4n) is 14.3. The predicted molar refractivity (Wildman–Crippen MR) is 422 cm³/mol. The number of Topliss-reactive ketones (excluding diaryl/α,β-unsaturated/α-hetero) is 1. The minimum Gasteiger partial charge on any atom is -0.460 e. The standard InChI is InChI=1S/C81H128N12O17S/c1-17-54(8)72(64(105-15)49-67(97)93-40-22-26-62(93)73(106-16)55(9)74(99)87-61(77-84-39-46-111-77)47-56-23-19-18-20-24-56)90(13)78(102)70(52(4)5)89-76(101)71(53(6)7)91(14)80(104)109-50-58-29-27-57(28-30-58)48-63(94)60(25-21-36-85-79(82)103)86-75(100)69(51(2)3)88-65(95)31-32-66(96)92(59-33-37-83-38-34-59)41-43-108-45-44-107-42-35-68(98)110-81(10,11)12/h18-20,23-24,27-30,39,46,51-55,59-62,64,69-73,83H,17,21-22,25-26,31-38,40-45,47-50H2,1-16H3,(H,86,100)(H,87,99)(H,88,95)(H,89,101)(H3,82,85,103)/t54-,55+,60-,61-,62-,64+,69-,70-,71-,72-,73+/m0/s1. The van der Waals surface area contributed by atoms with Crippen LogP contribution in [0.15, 0.2) is 66.2 Å². The number of benzene rings is 2. The van der Waals surface area contributed by atoms with E-state index in [1.54, 1.807) is 108 Å². The average Bonchev–Trinajstić information content (AvgIpc) is 1.71. The van der Waals surface area contributed by atoms with E-state index in [0.717, 1.165) is 36.5 Å². The maximum atomic E-state index is 14.9. The van der Waals surface area contributed by atoms with Gasteiger partial charge in [0.2, 0.25) is 41.4 Å². The van der Waals surface area contributed by atoms with E-state index in [0.29, 0.717) is 49.9 Å². The first-order chi connectivity index (χ1) is 52.7. The molecule has 0 saturated carbocycles. The topological polar surface area (TPSA) is 367 Å². The van der Waals surface area contributed by atoms with Gasteiger partial charge in [-0.25, -0.2) is 14.6 Å². The normalized spacial score (nSPS) is 16.7. The molecule has 0 spiro atoms. The second kappa shape index (κ2) is 47.4. The molecule has 30 heteroatoms. The zero-order valence-corrected chi connectivity index (χ0v) is 69.3. The Morgan fingerprint density at radius 2 is 1.38 bits per heavy atom. The van der Waals surface area contributed by atoms with Crippen molar-refractivity contribution in [3.8, 4) is 0 Å². The van der Waals surface area contributed by atoms with Crippen LogP contribution >= 0.6 is 11.3 Å². The largest absolute Gasteiger partial charge is 0.460 e. The van der Waals surface area contributed by atoms with Crippen molar-refractivity contribution in [2.24, 2.45) is 35.3 Å². The number of nitrogens with zero attached hydrogens (tertiary/aromatic N) is 5. The number of ether oxygens (including phenoxy) is 6. The molecule has 2 aliphatic heterocycles. The number of primary amides is 1. The Kier molecular flexibility index (Phi) is 39.9. The van der Waals surface area contributed by atoms with Gasteiger partial charge in [-0.1, -0.05) is 123 Å². The van der Waals surface area contributed by atoms with Crippen molar-refractivity contribution >= 4 is 76.6 Å². The molecular weight excluding hydrogens is 1450 g/mol.